The molecule has 0 spiro atoms. The van der Waals surface area contributed by atoms with Crippen LogP contribution in [0.3, 0.4) is 0 Å². The first kappa shape index (κ1) is 22.4. The van der Waals surface area contributed by atoms with Crippen LogP contribution in [-0.4, -0.2) is 56.8 Å². The molecule has 0 radical (unpaired) electrons. The van der Waals surface area contributed by atoms with Crippen LogP contribution in [-0.2, 0) is 17.9 Å². The summed E-state index contributed by atoms with van der Waals surface area (Å²) in [5.74, 6) is 0.597. The molecule has 4 rings (SSSR count). The number of ether oxygens (including phenoxy) is 1. The van der Waals surface area contributed by atoms with Crippen molar-refractivity contribution in [1.82, 2.24) is 20.1 Å². The number of aliphatic hydroxyl groups is 1. The summed E-state index contributed by atoms with van der Waals surface area (Å²) in [4.78, 5) is 34.1. The molecule has 1 aliphatic rings. The molecule has 1 N–H and O–H groups in total. The van der Waals surface area contributed by atoms with Gasteiger partial charge in [-0.3, -0.25) is 14.5 Å². The van der Waals surface area contributed by atoms with Gasteiger partial charge in [0, 0.05) is 38.2 Å². The molecule has 10 nitrogen and oxygen atoms in total. The van der Waals surface area contributed by atoms with Crippen molar-refractivity contribution in [3.05, 3.63) is 65.0 Å². The van der Waals surface area contributed by atoms with Crippen molar-refractivity contribution in [1.29, 1.82) is 0 Å². The SMILES string of the molecule is Cc1nnc(CN2Cc3ccccc3N(C(=O)c3ccc(OCCCO)nc3C)CC2=O)o1. The van der Waals surface area contributed by atoms with Crippen molar-refractivity contribution >= 4 is 17.5 Å². The number of aryl methyl sites for hydroxylation is 2. The van der Waals surface area contributed by atoms with Gasteiger partial charge in [-0.25, -0.2) is 4.98 Å². The predicted molar refractivity (Wildman–Crippen MR) is 118 cm³/mol. The smallest absolute Gasteiger partial charge is 0.260 e. The first-order valence-electron chi connectivity index (χ1n) is 10.6. The molecule has 3 aromatic rings. The minimum atomic E-state index is -0.321. The standard InChI is InChI=1S/C23H25N5O5/c1-15-18(8-9-20(24-15)32-11-5-10-29)23(31)28-14-22(30)27(13-21-26-25-16(2)33-21)12-17-6-3-4-7-19(17)28/h3-4,6-9,29H,5,10-14H2,1-2H3. The maximum atomic E-state index is 13.5. The normalized spacial score (nSPS) is 13.6. The first-order chi connectivity index (χ1) is 16.0. The predicted octanol–water partition coefficient (Wildman–Crippen LogP) is 2.03. The number of amides is 2. The van der Waals surface area contributed by atoms with E-state index < -0.39 is 0 Å². The number of hydrogen-bond donors (Lipinski definition) is 1. The number of rotatable bonds is 7. The monoisotopic (exact) mass is 451 g/mol. The molecular weight excluding hydrogens is 426 g/mol. The lowest BCUT2D eigenvalue weighted by Gasteiger charge is -2.23. The highest BCUT2D eigenvalue weighted by Crippen LogP contribution is 2.28. The van der Waals surface area contributed by atoms with Crippen LogP contribution in [0.25, 0.3) is 0 Å². The van der Waals surface area contributed by atoms with Gasteiger partial charge in [-0.1, -0.05) is 18.2 Å². The van der Waals surface area contributed by atoms with E-state index >= 15 is 0 Å². The Morgan fingerprint density at radius 1 is 1.15 bits per heavy atom. The Morgan fingerprint density at radius 2 is 1.97 bits per heavy atom. The van der Waals surface area contributed by atoms with Crippen molar-refractivity contribution in [3.63, 3.8) is 0 Å². The maximum Gasteiger partial charge on any atom is 0.260 e. The van der Waals surface area contributed by atoms with E-state index in [1.807, 2.05) is 24.3 Å². The second-order valence-corrected chi connectivity index (χ2v) is 7.69. The lowest BCUT2D eigenvalue weighted by molar-refractivity contribution is -0.131. The van der Waals surface area contributed by atoms with Crippen LogP contribution in [0.2, 0.25) is 0 Å². The average Bonchev–Trinajstić information content (AvgIpc) is 3.15. The third kappa shape index (κ3) is 5.01. The summed E-state index contributed by atoms with van der Waals surface area (Å²) >= 11 is 0. The highest BCUT2D eigenvalue weighted by molar-refractivity contribution is 6.10. The Bertz CT molecular complexity index is 1160. The van der Waals surface area contributed by atoms with E-state index in [9.17, 15) is 9.59 Å². The lowest BCUT2D eigenvalue weighted by atomic mass is 10.1. The van der Waals surface area contributed by atoms with Gasteiger partial charge in [0.2, 0.25) is 23.6 Å². The van der Waals surface area contributed by atoms with Gasteiger partial charge in [-0.15, -0.1) is 10.2 Å². The fourth-order valence-electron chi connectivity index (χ4n) is 3.64. The zero-order chi connectivity index (χ0) is 23.4. The van der Waals surface area contributed by atoms with E-state index in [4.69, 9.17) is 14.3 Å². The molecule has 1 aliphatic heterocycles. The molecule has 0 saturated carbocycles. The molecule has 10 heteroatoms. The molecule has 2 aromatic heterocycles. The van der Waals surface area contributed by atoms with E-state index in [0.717, 1.165) is 5.56 Å². The van der Waals surface area contributed by atoms with Crippen LogP contribution < -0.4 is 9.64 Å². The molecule has 3 heterocycles. The molecular formula is C23H25N5O5. The summed E-state index contributed by atoms with van der Waals surface area (Å²) in [6.07, 6.45) is 0.494. The minimum absolute atomic E-state index is 0.0288. The maximum absolute atomic E-state index is 13.5. The van der Waals surface area contributed by atoms with Gasteiger partial charge in [0.05, 0.1) is 24.4 Å². The summed E-state index contributed by atoms with van der Waals surface area (Å²) in [6, 6.07) is 10.7. The largest absolute Gasteiger partial charge is 0.478 e. The van der Waals surface area contributed by atoms with Crippen LogP contribution in [0.1, 0.15) is 39.8 Å². The third-order valence-corrected chi connectivity index (χ3v) is 5.27. The second kappa shape index (κ2) is 9.78. The highest BCUT2D eigenvalue weighted by atomic mass is 16.5. The van der Waals surface area contributed by atoms with Crippen molar-refractivity contribution in [2.75, 3.05) is 24.7 Å². The second-order valence-electron chi connectivity index (χ2n) is 7.69. The van der Waals surface area contributed by atoms with E-state index in [-0.39, 0.29) is 31.5 Å². The lowest BCUT2D eigenvalue weighted by Crippen LogP contribution is -2.40. The van der Waals surface area contributed by atoms with Crippen LogP contribution in [0.4, 0.5) is 5.69 Å². The Morgan fingerprint density at radius 3 is 2.70 bits per heavy atom. The molecule has 0 aliphatic carbocycles. The summed E-state index contributed by atoms with van der Waals surface area (Å²) in [6.45, 7) is 4.13. The number of hydrogen-bond acceptors (Lipinski definition) is 8. The van der Waals surface area contributed by atoms with Crippen molar-refractivity contribution in [2.24, 2.45) is 0 Å². The summed E-state index contributed by atoms with van der Waals surface area (Å²) in [5, 5.41) is 16.7. The molecule has 0 saturated heterocycles. The number of nitrogens with zero attached hydrogens (tertiary/aromatic N) is 5. The molecule has 2 amide bonds. The Kier molecular flexibility index (Phi) is 6.64. The minimum Gasteiger partial charge on any atom is -0.478 e. The Balaban J connectivity index is 1.60. The van der Waals surface area contributed by atoms with Gasteiger partial charge in [-0.05, 0) is 24.6 Å². The molecule has 0 bridgehead atoms. The number of anilines is 1. The number of aliphatic hydroxyl groups excluding tert-OH is 1. The molecule has 33 heavy (non-hydrogen) atoms. The van der Waals surface area contributed by atoms with E-state index in [0.29, 0.717) is 54.2 Å². The third-order valence-electron chi connectivity index (χ3n) is 5.27. The number of fused-ring (bicyclic) bond motifs is 1. The molecule has 0 atom stereocenters. The Labute approximate surface area is 190 Å². The number of aromatic nitrogens is 3. The summed E-state index contributed by atoms with van der Waals surface area (Å²) in [5.41, 5.74) is 2.38. The number of carbonyl (C=O) groups excluding carboxylic acids is 2. The Hall–Kier alpha value is -3.79. The van der Waals surface area contributed by atoms with E-state index in [2.05, 4.69) is 15.2 Å². The van der Waals surface area contributed by atoms with Gasteiger partial charge in [0.15, 0.2) is 0 Å². The van der Waals surface area contributed by atoms with Crippen LogP contribution in [0.15, 0.2) is 40.8 Å². The van der Waals surface area contributed by atoms with Gasteiger partial charge in [0.1, 0.15) is 6.54 Å². The molecule has 172 valence electrons. The van der Waals surface area contributed by atoms with Crippen molar-refractivity contribution < 1.29 is 23.8 Å². The summed E-state index contributed by atoms with van der Waals surface area (Å²) < 4.78 is 10.9. The van der Waals surface area contributed by atoms with Crippen LogP contribution in [0, 0.1) is 13.8 Å². The quantitative estimate of drug-likeness (QED) is 0.542. The topological polar surface area (TPSA) is 122 Å². The molecule has 1 aromatic carbocycles. The van der Waals surface area contributed by atoms with Gasteiger partial charge in [0.25, 0.3) is 5.91 Å². The van der Waals surface area contributed by atoms with Crippen molar-refractivity contribution in [2.45, 2.75) is 33.4 Å². The number of para-hydroxylation sites is 1. The number of pyridine rings is 1. The van der Waals surface area contributed by atoms with E-state index in [1.165, 1.54) is 4.90 Å². The zero-order valence-corrected chi connectivity index (χ0v) is 18.5. The summed E-state index contributed by atoms with van der Waals surface area (Å²) in [7, 11) is 0. The van der Waals surface area contributed by atoms with Crippen molar-refractivity contribution in [3.8, 4) is 5.88 Å². The van der Waals surface area contributed by atoms with Gasteiger partial charge < -0.3 is 19.2 Å². The fraction of sp³-hybridized carbons (Fsp3) is 0.348. The average molecular weight is 451 g/mol. The van der Waals surface area contributed by atoms with Gasteiger partial charge in [-0.2, -0.15) is 0 Å². The van der Waals surface area contributed by atoms with Gasteiger partial charge >= 0.3 is 0 Å². The zero-order valence-electron chi connectivity index (χ0n) is 18.5. The fourth-order valence-corrected chi connectivity index (χ4v) is 3.64. The number of carbonyl (C=O) groups is 2. The van der Waals surface area contributed by atoms with Crippen LogP contribution >= 0.6 is 0 Å². The van der Waals surface area contributed by atoms with E-state index in [1.54, 1.807) is 30.9 Å². The van der Waals surface area contributed by atoms with Crippen LogP contribution in [0.5, 0.6) is 5.88 Å². The highest BCUT2D eigenvalue weighted by Gasteiger charge is 2.31. The number of benzene rings is 1. The first-order valence-corrected chi connectivity index (χ1v) is 10.6. The molecule has 0 fully saturated rings. The molecule has 0 unspecified atom stereocenters.